The Bertz CT molecular complexity index is 802. The van der Waals surface area contributed by atoms with Gasteiger partial charge in [0, 0.05) is 24.8 Å². The summed E-state index contributed by atoms with van der Waals surface area (Å²) in [4.78, 5) is 31.8. The molecule has 3 amide bonds. The topological polar surface area (TPSA) is 65.5 Å². The van der Waals surface area contributed by atoms with Gasteiger partial charge in [-0.2, -0.15) is 0 Å². The highest BCUT2D eigenvalue weighted by molar-refractivity contribution is 6.31. The van der Waals surface area contributed by atoms with E-state index in [1.54, 1.807) is 31.4 Å². The van der Waals surface area contributed by atoms with Gasteiger partial charge in [-0.15, -0.1) is 0 Å². The molecule has 0 spiro atoms. The average molecular weight is 363 g/mol. The molecule has 25 heavy (non-hydrogen) atoms. The molecule has 8 heteroatoms. The van der Waals surface area contributed by atoms with Crippen LogP contribution >= 0.6 is 11.6 Å². The zero-order valence-corrected chi connectivity index (χ0v) is 14.2. The summed E-state index contributed by atoms with van der Waals surface area (Å²) >= 11 is 5.96. The number of hydrogen-bond donors (Lipinski definition) is 1. The maximum absolute atomic E-state index is 13.1. The van der Waals surface area contributed by atoms with Crippen LogP contribution in [-0.2, 0) is 11.3 Å². The second kappa shape index (κ2) is 7.06. The molecule has 1 saturated heterocycles. The first-order valence-electron chi connectivity index (χ1n) is 7.64. The van der Waals surface area contributed by atoms with Gasteiger partial charge in [0.15, 0.2) is 0 Å². The van der Waals surface area contributed by atoms with E-state index in [0.29, 0.717) is 11.4 Å². The van der Waals surface area contributed by atoms with E-state index in [4.69, 9.17) is 11.6 Å². The van der Waals surface area contributed by atoms with E-state index in [-0.39, 0.29) is 30.1 Å². The van der Waals surface area contributed by atoms with Crippen molar-refractivity contribution in [3.63, 3.8) is 0 Å². The second-order valence-corrected chi connectivity index (χ2v) is 6.07. The minimum Gasteiger partial charge on any atom is -0.350 e. The molecule has 1 atom stereocenters. The molecule has 1 unspecified atom stereocenters. The van der Waals surface area contributed by atoms with Crippen LogP contribution in [0.4, 0.5) is 15.0 Å². The van der Waals surface area contributed by atoms with Crippen molar-refractivity contribution < 1.29 is 14.0 Å². The van der Waals surface area contributed by atoms with Crippen LogP contribution in [0.1, 0.15) is 5.56 Å². The maximum Gasteiger partial charge on any atom is 0.326 e. The number of amides is 3. The van der Waals surface area contributed by atoms with Crippen LogP contribution in [-0.4, -0.2) is 41.5 Å². The third-order valence-electron chi connectivity index (χ3n) is 4.05. The Morgan fingerprint density at radius 1 is 1.40 bits per heavy atom. The van der Waals surface area contributed by atoms with Crippen LogP contribution in [0.25, 0.3) is 0 Å². The van der Waals surface area contributed by atoms with Crippen LogP contribution in [0.5, 0.6) is 0 Å². The number of halogens is 2. The Morgan fingerprint density at radius 2 is 2.20 bits per heavy atom. The molecule has 3 rings (SSSR count). The Balaban J connectivity index is 1.67. The fourth-order valence-corrected chi connectivity index (χ4v) is 2.86. The van der Waals surface area contributed by atoms with E-state index in [1.165, 1.54) is 28.0 Å². The number of carbonyl (C=O) groups excluding carboxylic acids is 2. The minimum absolute atomic E-state index is 0.153. The van der Waals surface area contributed by atoms with Crippen LogP contribution in [0.3, 0.4) is 0 Å². The monoisotopic (exact) mass is 362 g/mol. The van der Waals surface area contributed by atoms with Crippen molar-refractivity contribution >= 4 is 29.4 Å². The van der Waals surface area contributed by atoms with Crippen molar-refractivity contribution in [2.24, 2.45) is 0 Å². The summed E-state index contributed by atoms with van der Waals surface area (Å²) in [5.41, 5.74) is 0.602. The van der Waals surface area contributed by atoms with Gasteiger partial charge < -0.3 is 10.2 Å². The fraction of sp³-hybridized carbons (Fsp3) is 0.235. The molecule has 1 N–H and O–H groups in total. The highest BCUT2D eigenvalue weighted by Crippen LogP contribution is 2.21. The zero-order chi connectivity index (χ0) is 18.0. The molecule has 1 aliphatic rings. The Hall–Kier alpha value is -2.67. The lowest BCUT2D eigenvalue weighted by Crippen LogP contribution is -2.43. The molecule has 0 aliphatic carbocycles. The first-order valence-corrected chi connectivity index (χ1v) is 8.02. The van der Waals surface area contributed by atoms with Crippen LogP contribution < -0.4 is 10.2 Å². The number of nitrogens with zero attached hydrogens (tertiary/aromatic N) is 3. The fourth-order valence-electron chi connectivity index (χ4n) is 2.63. The summed E-state index contributed by atoms with van der Waals surface area (Å²) in [6.07, 6.45) is 1.59. The van der Waals surface area contributed by atoms with Gasteiger partial charge in [-0.1, -0.05) is 23.7 Å². The van der Waals surface area contributed by atoms with Gasteiger partial charge in [0.25, 0.3) is 0 Å². The Morgan fingerprint density at radius 3 is 2.88 bits per heavy atom. The standard InChI is InChI=1S/C17H16ClFN4O2/c1-22-14(10-23(17(22)25)15-4-2-3-7-20-15)16(24)21-9-11-5-6-12(19)8-13(11)18/h2-8,14H,9-10H2,1H3,(H,21,24). The molecule has 0 bridgehead atoms. The highest BCUT2D eigenvalue weighted by Gasteiger charge is 2.40. The van der Waals surface area contributed by atoms with Gasteiger partial charge in [0.05, 0.1) is 6.54 Å². The lowest BCUT2D eigenvalue weighted by molar-refractivity contribution is -0.124. The van der Waals surface area contributed by atoms with Gasteiger partial charge in [0.2, 0.25) is 5.91 Å². The zero-order valence-electron chi connectivity index (χ0n) is 13.4. The largest absolute Gasteiger partial charge is 0.350 e. The average Bonchev–Trinajstić information content (AvgIpc) is 2.90. The molecule has 0 radical (unpaired) electrons. The molecule has 2 aromatic rings. The first kappa shape index (κ1) is 17.2. The Kier molecular flexibility index (Phi) is 4.85. The first-order chi connectivity index (χ1) is 12.0. The number of carbonyl (C=O) groups is 2. The molecule has 130 valence electrons. The van der Waals surface area contributed by atoms with E-state index in [0.717, 1.165) is 0 Å². The smallest absolute Gasteiger partial charge is 0.326 e. The molecule has 0 saturated carbocycles. The summed E-state index contributed by atoms with van der Waals surface area (Å²) in [6, 6.07) is 8.29. The van der Waals surface area contributed by atoms with Crippen molar-refractivity contribution in [3.05, 3.63) is 59.0 Å². The van der Waals surface area contributed by atoms with Gasteiger partial charge in [-0.25, -0.2) is 14.2 Å². The van der Waals surface area contributed by atoms with E-state index in [2.05, 4.69) is 10.3 Å². The predicted octanol–water partition coefficient (Wildman–Crippen LogP) is 2.43. The normalized spacial score (nSPS) is 17.1. The molecular formula is C17H16ClFN4O2. The molecule has 1 aromatic heterocycles. The van der Waals surface area contributed by atoms with Gasteiger partial charge in [-0.05, 0) is 29.8 Å². The third kappa shape index (κ3) is 3.56. The van der Waals surface area contributed by atoms with Crippen molar-refractivity contribution in [3.8, 4) is 0 Å². The maximum atomic E-state index is 13.1. The summed E-state index contributed by atoms with van der Waals surface area (Å²) < 4.78 is 13.1. The molecule has 1 aliphatic heterocycles. The van der Waals surface area contributed by atoms with E-state index in [1.807, 2.05) is 0 Å². The van der Waals surface area contributed by atoms with E-state index in [9.17, 15) is 14.0 Å². The van der Waals surface area contributed by atoms with E-state index >= 15 is 0 Å². The number of aromatic nitrogens is 1. The van der Waals surface area contributed by atoms with Crippen molar-refractivity contribution in [1.82, 2.24) is 15.2 Å². The van der Waals surface area contributed by atoms with E-state index < -0.39 is 11.9 Å². The number of hydrogen-bond acceptors (Lipinski definition) is 3. The second-order valence-electron chi connectivity index (χ2n) is 5.66. The van der Waals surface area contributed by atoms with Crippen LogP contribution in [0.2, 0.25) is 5.02 Å². The number of rotatable bonds is 4. The number of pyridine rings is 1. The number of anilines is 1. The SMILES string of the molecule is CN1C(=O)N(c2ccccn2)CC1C(=O)NCc1ccc(F)cc1Cl. The van der Waals surface area contributed by atoms with Crippen molar-refractivity contribution in [2.75, 3.05) is 18.5 Å². The quantitative estimate of drug-likeness (QED) is 0.908. The predicted molar refractivity (Wildman–Crippen MR) is 91.8 cm³/mol. The third-order valence-corrected chi connectivity index (χ3v) is 4.40. The van der Waals surface area contributed by atoms with Crippen molar-refractivity contribution in [2.45, 2.75) is 12.6 Å². The van der Waals surface area contributed by atoms with Crippen LogP contribution in [0.15, 0.2) is 42.6 Å². The van der Waals surface area contributed by atoms with Crippen LogP contribution in [0, 0.1) is 5.82 Å². The summed E-state index contributed by atoms with van der Waals surface area (Å²) in [5, 5.41) is 2.98. The number of likely N-dealkylation sites (N-methyl/N-ethyl adjacent to an activating group) is 1. The summed E-state index contributed by atoms with van der Waals surface area (Å²) in [5.74, 6) is -0.252. The molecule has 1 fully saturated rings. The lowest BCUT2D eigenvalue weighted by Gasteiger charge is -2.17. The van der Waals surface area contributed by atoms with Gasteiger partial charge >= 0.3 is 6.03 Å². The molecule has 1 aromatic carbocycles. The molecule has 2 heterocycles. The number of benzene rings is 1. The highest BCUT2D eigenvalue weighted by atomic mass is 35.5. The van der Waals surface area contributed by atoms with Gasteiger partial charge in [0.1, 0.15) is 17.7 Å². The summed E-state index contributed by atoms with van der Waals surface area (Å²) in [6.45, 7) is 0.357. The van der Waals surface area contributed by atoms with Gasteiger partial charge in [-0.3, -0.25) is 9.69 Å². The number of urea groups is 1. The Labute approximate surface area is 149 Å². The summed E-state index contributed by atoms with van der Waals surface area (Å²) in [7, 11) is 1.57. The van der Waals surface area contributed by atoms with Crippen molar-refractivity contribution in [1.29, 1.82) is 0 Å². The minimum atomic E-state index is -0.645. The molecular weight excluding hydrogens is 347 g/mol. The molecule has 6 nitrogen and oxygen atoms in total. The number of nitrogens with one attached hydrogen (secondary N) is 1. The lowest BCUT2D eigenvalue weighted by atomic mass is 10.2.